The van der Waals surface area contributed by atoms with Gasteiger partial charge in [-0.3, -0.25) is 4.90 Å². The van der Waals surface area contributed by atoms with E-state index in [-0.39, 0.29) is 6.03 Å². The number of carbonyl (C=O) groups is 1. The molecule has 0 spiro atoms. The lowest BCUT2D eigenvalue weighted by Gasteiger charge is -2.34. The molecule has 1 N–H and O–H groups in total. The lowest BCUT2D eigenvalue weighted by molar-refractivity contribution is 0.144. The molecule has 2 aromatic rings. The molecule has 1 aromatic heterocycles. The van der Waals surface area contributed by atoms with E-state index in [9.17, 15) is 4.79 Å². The predicted molar refractivity (Wildman–Crippen MR) is 98.8 cm³/mol. The lowest BCUT2D eigenvalue weighted by Crippen LogP contribution is -2.50. The third-order valence-electron chi connectivity index (χ3n) is 4.50. The molecule has 8 nitrogen and oxygen atoms in total. The second kappa shape index (κ2) is 8.57. The number of ether oxygens (including phenoxy) is 2. The summed E-state index contributed by atoms with van der Waals surface area (Å²) in [5, 5.41) is 2.93. The standard InChI is InChI=1S/C18H25N5O3/c1-25-16-11-15(12-17(13-16)26-2)20-18(24)23-9-7-21(8-10-23)5-6-22-4-3-19-14-22/h3-4,11-14H,5-10H2,1-2H3,(H,20,24). The van der Waals surface area contributed by atoms with Crippen molar-refractivity contribution in [2.45, 2.75) is 6.54 Å². The van der Waals surface area contributed by atoms with Gasteiger partial charge in [-0.15, -0.1) is 0 Å². The first kappa shape index (κ1) is 18.1. The number of imidazole rings is 1. The van der Waals surface area contributed by atoms with E-state index in [1.54, 1.807) is 38.6 Å². The summed E-state index contributed by atoms with van der Waals surface area (Å²) in [5.74, 6) is 1.29. The van der Waals surface area contributed by atoms with Crippen molar-refractivity contribution in [3.8, 4) is 11.5 Å². The monoisotopic (exact) mass is 359 g/mol. The second-order valence-electron chi connectivity index (χ2n) is 6.16. The van der Waals surface area contributed by atoms with Gasteiger partial charge in [0, 0.05) is 75.5 Å². The van der Waals surface area contributed by atoms with Crippen molar-refractivity contribution < 1.29 is 14.3 Å². The van der Waals surface area contributed by atoms with Crippen molar-refractivity contribution in [3.05, 3.63) is 36.9 Å². The molecule has 0 atom stereocenters. The van der Waals surface area contributed by atoms with Gasteiger partial charge in [0.1, 0.15) is 11.5 Å². The predicted octanol–water partition coefficient (Wildman–Crippen LogP) is 1.75. The number of hydrogen-bond donors (Lipinski definition) is 1. The highest BCUT2D eigenvalue weighted by Crippen LogP contribution is 2.26. The van der Waals surface area contributed by atoms with Crippen LogP contribution in [0.1, 0.15) is 0 Å². The van der Waals surface area contributed by atoms with Crippen molar-refractivity contribution in [1.82, 2.24) is 19.4 Å². The molecule has 2 heterocycles. The van der Waals surface area contributed by atoms with E-state index in [1.807, 2.05) is 17.4 Å². The number of nitrogens with one attached hydrogen (secondary N) is 1. The zero-order valence-electron chi connectivity index (χ0n) is 15.2. The van der Waals surface area contributed by atoms with Crippen LogP contribution in [0.4, 0.5) is 10.5 Å². The van der Waals surface area contributed by atoms with E-state index in [4.69, 9.17) is 9.47 Å². The van der Waals surface area contributed by atoms with Gasteiger partial charge in [-0.05, 0) is 0 Å². The number of carbonyl (C=O) groups excluding carboxylic acids is 1. The summed E-state index contributed by atoms with van der Waals surface area (Å²) in [6.07, 6.45) is 5.58. The quantitative estimate of drug-likeness (QED) is 0.851. The molecule has 0 unspecified atom stereocenters. The van der Waals surface area contributed by atoms with Crippen molar-refractivity contribution in [3.63, 3.8) is 0 Å². The molecule has 0 saturated carbocycles. The third kappa shape index (κ3) is 4.66. The largest absolute Gasteiger partial charge is 0.497 e. The van der Waals surface area contributed by atoms with Gasteiger partial charge in [0.2, 0.25) is 0 Å². The summed E-state index contributed by atoms with van der Waals surface area (Å²) >= 11 is 0. The SMILES string of the molecule is COc1cc(NC(=O)N2CCN(CCn3ccnc3)CC2)cc(OC)c1. The molecule has 1 saturated heterocycles. The number of hydrogen-bond acceptors (Lipinski definition) is 5. The molecule has 1 aliphatic rings. The van der Waals surface area contributed by atoms with Gasteiger partial charge >= 0.3 is 6.03 Å². The van der Waals surface area contributed by atoms with E-state index in [0.29, 0.717) is 30.3 Å². The summed E-state index contributed by atoms with van der Waals surface area (Å²) in [6, 6.07) is 5.23. The van der Waals surface area contributed by atoms with Crippen molar-refractivity contribution >= 4 is 11.7 Å². The van der Waals surface area contributed by atoms with Crippen molar-refractivity contribution in [2.75, 3.05) is 52.3 Å². The Morgan fingerprint density at radius 3 is 2.35 bits per heavy atom. The Balaban J connectivity index is 1.49. The fourth-order valence-electron chi connectivity index (χ4n) is 2.93. The van der Waals surface area contributed by atoms with Crippen LogP contribution in [-0.4, -0.2) is 72.3 Å². The highest BCUT2D eigenvalue weighted by molar-refractivity contribution is 5.90. The number of rotatable bonds is 6. The number of methoxy groups -OCH3 is 2. The first-order valence-electron chi connectivity index (χ1n) is 8.65. The molecule has 3 rings (SSSR count). The Hall–Kier alpha value is -2.74. The van der Waals surface area contributed by atoms with Crippen LogP contribution in [0, 0.1) is 0 Å². The number of nitrogens with zero attached hydrogens (tertiary/aromatic N) is 4. The van der Waals surface area contributed by atoms with Gasteiger partial charge in [0.15, 0.2) is 0 Å². The second-order valence-corrected chi connectivity index (χ2v) is 6.16. The van der Waals surface area contributed by atoms with Crippen molar-refractivity contribution in [1.29, 1.82) is 0 Å². The van der Waals surface area contributed by atoms with Crippen molar-refractivity contribution in [2.24, 2.45) is 0 Å². The van der Waals surface area contributed by atoms with Crippen LogP contribution < -0.4 is 14.8 Å². The molecule has 1 fully saturated rings. The minimum Gasteiger partial charge on any atom is -0.497 e. The van der Waals surface area contributed by atoms with Crippen LogP contribution in [0.15, 0.2) is 36.9 Å². The van der Waals surface area contributed by atoms with Gasteiger partial charge in [0.05, 0.1) is 20.5 Å². The maximum atomic E-state index is 12.5. The Kier molecular flexibility index (Phi) is 5.96. The van der Waals surface area contributed by atoms with Crippen LogP contribution in [0.5, 0.6) is 11.5 Å². The fourth-order valence-corrected chi connectivity index (χ4v) is 2.93. The average Bonchev–Trinajstić information content (AvgIpc) is 3.20. The fraction of sp³-hybridized carbons (Fsp3) is 0.444. The maximum absolute atomic E-state index is 12.5. The molecule has 8 heteroatoms. The van der Waals surface area contributed by atoms with E-state index in [1.165, 1.54) is 0 Å². The Morgan fingerprint density at radius 2 is 1.77 bits per heavy atom. The molecule has 2 amide bonds. The van der Waals surface area contributed by atoms with Gasteiger partial charge in [0.25, 0.3) is 0 Å². The lowest BCUT2D eigenvalue weighted by atomic mass is 10.2. The van der Waals surface area contributed by atoms with Crippen LogP contribution in [0.3, 0.4) is 0 Å². The van der Waals surface area contributed by atoms with Gasteiger partial charge < -0.3 is 24.3 Å². The molecule has 0 radical (unpaired) electrons. The average molecular weight is 359 g/mol. The van der Waals surface area contributed by atoms with E-state index in [0.717, 1.165) is 26.2 Å². The van der Waals surface area contributed by atoms with Gasteiger partial charge in [-0.2, -0.15) is 0 Å². The first-order valence-corrected chi connectivity index (χ1v) is 8.65. The molecule has 140 valence electrons. The van der Waals surface area contributed by atoms with Crippen LogP contribution in [0.2, 0.25) is 0 Å². The highest BCUT2D eigenvalue weighted by Gasteiger charge is 2.21. The maximum Gasteiger partial charge on any atom is 0.321 e. The first-order chi connectivity index (χ1) is 12.7. The zero-order valence-corrected chi connectivity index (χ0v) is 15.2. The smallest absolute Gasteiger partial charge is 0.321 e. The molecule has 1 aromatic carbocycles. The summed E-state index contributed by atoms with van der Waals surface area (Å²) in [6.45, 7) is 5.01. The topological polar surface area (TPSA) is 71.9 Å². The van der Waals surface area contributed by atoms with Crippen LogP contribution >= 0.6 is 0 Å². The highest BCUT2D eigenvalue weighted by atomic mass is 16.5. The normalized spacial score (nSPS) is 14.9. The summed E-state index contributed by atoms with van der Waals surface area (Å²) in [7, 11) is 3.17. The Labute approximate surface area is 153 Å². The van der Waals surface area contributed by atoms with E-state index >= 15 is 0 Å². The number of benzene rings is 1. The third-order valence-corrected chi connectivity index (χ3v) is 4.50. The molecule has 0 bridgehead atoms. The molecular formula is C18H25N5O3. The molecule has 0 aliphatic carbocycles. The number of aromatic nitrogens is 2. The van der Waals surface area contributed by atoms with E-state index < -0.39 is 0 Å². The summed E-state index contributed by atoms with van der Waals surface area (Å²) < 4.78 is 12.5. The Morgan fingerprint density at radius 1 is 1.08 bits per heavy atom. The number of urea groups is 1. The Bertz CT molecular complexity index is 689. The summed E-state index contributed by atoms with van der Waals surface area (Å²) in [5.41, 5.74) is 0.661. The minimum absolute atomic E-state index is 0.102. The zero-order chi connectivity index (χ0) is 18.4. The van der Waals surface area contributed by atoms with E-state index in [2.05, 4.69) is 19.8 Å². The molecular weight excluding hydrogens is 334 g/mol. The minimum atomic E-state index is -0.102. The molecule has 1 aliphatic heterocycles. The van der Waals surface area contributed by atoms with Gasteiger partial charge in [-0.25, -0.2) is 9.78 Å². The van der Waals surface area contributed by atoms with Crippen LogP contribution in [-0.2, 0) is 6.54 Å². The van der Waals surface area contributed by atoms with Crippen LogP contribution in [0.25, 0.3) is 0 Å². The number of anilines is 1. The molecule has 26 heavy (non-hydrogen) atoms. The number of piperazine rings is 1. The number of amides is 2. The van der Waals surface area contributed by atoms with Gasteiger partial charge in [-0.1, -0.05) is 0 Å². The summed E-state index contributed by atoms with van der Waals surface area (Å²) in [4.78, 5) is 20.8.